The minimum Gasteiger partial charge on any atom is -0.385 e. The van der Waals surface area contributed by atoms with Crippen LogP contribution in [0.1, 0.15) is 61.5 Å². The molecule has 0 saturated heterocycles. The molecule has 6 nitrogen and oxygen atoms in total. The van der Waals surface area contributed by atoms with Crippen LogP contribution in [-0.4, -0.2) is 44.1 Å². The molecule has 1 unspecified atom stereocenters. The molecule has 0 fully saturated rings. The van der Waals surface area contributed by atoms with Crippen molar-refractivity contribution in [2.45, 2.75) is 58.9 Å². The lowest BCUT2D eigenvalue weighted by molar-refractivity contribution is -0.0636. The van der Waals surface area contributed by atoms with E-state index >= 15 is 0 Å². The van der Waals surface area contributed by atoms with Gasteiger partial charge in [-0.1, -0.05) is 44.5 Å². The van der Waals surface area contributed by atoms with Gasteiger partial charge in [-0.2, -0.15) is 0 Å². The number of aliphatic imine (C=N–C) groups is 1. The Morgan fingerprint density at radius 3 is 2.44 bits per heavy atom. The highest BCUT2D eigenvalue weighted by Crippen LogP contribution is 2.23. The fourth-order valence-corrected chi connectivity index (χ4v) is 4.51. The Morgan fingerprint density at radius 2 is 1.74 bits per heavy atom. The van der Waals surface area contributed by atoms with E-state index in [1.807, 2.05) is 54.6 Å². The Kier molecular flexibility index (Phi) is 11.4. The lowest BCUT2D eigenvalue weighted by Gasteiger charge is -2.25. The van der Waals surface area contributed by atoms with Crippen molar-refractivity contribution < 1.29 is 18.3 Å². The lowest BCUT2D eigenvalue weighted by atomic mass is 9.87. The molecule has 0 radical (unpaired) electrons. The molecule has 2 aromatic carbocycles. The van der Waals surface area contributed by atoms with E-state index in [2.05, 4.69) is 44.0 Å². The number of amidine groups is 1. The first-order valence-corrected chi connectivity index (χ1v) is 14.0. The fourth-order valence-electron chi connectivity index (χ4n) is 4.12. The van der Waals surface area contributed by atoms with Crippen LogP contribution in [0.5, 0.6) is 0 Å². The number of ether oxygens (including phenoxy) is 1. The Hall–Kier alpha value is -2.83. The van der Waals surface area contributed by atoms with Crippen LogP contribution in [0.15, 0.2) is 64.9 Å². The average molecular weight is 559 g/mol. The Balaban J connectivity index is 1.78. The summed E-state index contributed by atoms with van der Waals surface area (Å²) in [4.78, 5) is 17.4. The SMILES string of the molecule is CC(F)(F)COCNC1=NCc2ccc(cc2)NCCCCC(C)(C)CNC(=O)c2ccc(cc2)C/C(P)=C/1. The number of hydrogen-bond acceptors (Lipinski definition) is 5. The molecule has 4 heterocycles. The first-order chi connectivity index (χ1) is 18.5. The maximum Gasteiger partial charge on any atom is 0.268 e. The number of halogens is 2. The molecule has 4 aliphatic heterocycles. The molecule has 2 aromatic rings. The zero-order chi connectivity index (χ0) is 28.3. The van der Waals surface area contributed by atoms with E-state index in [-0.39, 0.29) is 18.1 Å². The van der Waals surface area contributed by atoms with Crippen molar-refractivity contribution in [2.75, 3.05) is 31.7 Å². The number of carbonyl (C=O) groups is 1. The number of carbonyl (C=O) groups excluding carboxylic acids is 1. The number of nitrogens with zero attached hydrogens (tertiary/aromatic N) is 1. The van der Waals surface area contributed by atoms with Gasteiger partial charge in [0.2, 0.25) is 0 Å². The van der Waals surface area contributed by atoms with Crippen LogP contribution in [-0.2, 0) is 17.7 Å². The summed E-state index contributed by atoms with van der Waals surface area (Å²) in [5.41, 5.74) is 3.77. The summed E-state index contributed by atoms with van der Waals surface area (Å²) in [6.07, 6.45) is 5.62. The van der Waals surface area contributed by atoms with E-state index in [0.29, 0.717) is 30.9 Å². The number of rotatable bonds is 4. The third-order valence-electron chi connectivity index (χ3n) is 6.38. The van der Waals surface area contributed by atoms with Crippen LogP contribution in [0.2, 0.25) is 0 Å². The molecule has 0 saturated carbocycles. The number of allylic oxidation sites excluding steroid dienone is 1. The van der Waals surface area contributed by atoms with Gasteiger partial charge in [0.05, 0.1) is 6.54 Å². The van der Waals surface area contributed by atoms with E-state index < -0.39 is 12.5 Å². The van der Waals surface area contributed by atoms with Crippen LogP contribution in [0.4, 0.5) is 14.5 Å². The maximum absolute atomic E-state index is 13.1. The van der Waals surface area contributed by atoms with E-state index in [0.717, 1.165) is 54.9 Å². The second kappa shape index (κ2) is 14.5. The van der Waals surface area contributed by atoms with Gasteiger partial charge in [0.15, 0.2) is 0 Å². The maximum atomic E-state index is 13.1. The van der Waals surface area contributed by atoms with Crippen molar-refractivity contribution in [3.63, 3.8) is 0 Å². The van der Waals surface area contributed by atoms with Gasteiger partial charge >= 0.3 is 0 Å². The van der Waals surface area contributed by atoms with Gasteiger partial charge in [0, 0.05) is 31.3 Å². The molecule has 0 aliphatic carbocycles. The normalized spacial score (nSPS) is 18.9. The van der Waals surface area contributed by atoms with Crippen LogP contribution >= 0.6 is 9.24 Å². The second-order valence-electron chi connectivity index (χ2n) is 11.0. The predicted molar refractivity (Wildman–Crippen MR) is 159 cm³/mol. The zero-order valence-corrected chi connectivity index (χ0v) is 24.3. The van der Waals surface area contributed by atoms with Crippen molar-refractivity contribution in [1.29, 1.82) is 0 Å². The first kappa shape index (κ1) is 30.7. The minimum absolute atomic E-state index is 0.0137. The number of anilines is 1. The molecule has 39 heavy (non-hydrogen) atoms. The van der Waals surface area contributed by atoms with Crippen LogP contribution < -0.4 is 16.0 Å². The van der Waals surface area contributed by atoms with Crippen molar-refractivity contribution in [3.05, 3.63) is 76.6 Å². The summed E-state index contributed by atoms with van der Waals surface area (Å²) in [6, 6.07) is 15.7. The third kappa shape index (κ3) is 11.8. The summed E-state index contributed by atoms with van der Waals surface area (Å²) in [5, 5.41) is 10.5. The van der Waals surface area contributed by atoms with Gasteiger partial charge < -0.3 is 20.7 Å². The van der Waals surface area contributed by atoms with Gasteiger partial charge in [-0.3, -0.25) is 9.79 Å². The molecule has 9 heteroatoms. The summed E-state index contributed by atoms with van der Waals surface area (Å²) >= 11 is 0. The van der Waals surface area contributed by atoms with E-state index in [1.54, 1.807) is 0 Å². The third-order valence-corrected chi connectivity index (χ3v) is 6.75. The van der Waals surface area contributed by atoms with Crippen molar-refractivity contribution >= 4 is 26.7 Å². The number of alkyl halides is 2. The number of amides is 1. The van der Waals surface area contributed by atoms with Crippen LogP contribution in [0.3, 0.4) is 0 Å². The number of hydrogen-bond donors (Lipinski definition) is 3. The summed E-state index contributed by atoms with van der Waals surface area (Å²) in [5.74, 6) is -2.43. The van der Waals surface area contributed by atoms with Crippen molar-refractivity contribution in [1.82, 2.24) is 10.6 Å². The quantitative estimate of drug-likeness (QED) is 0.239. The molecule has 0 spiro atoms. The van der Waals surface area contributed by atoms with Crippen LogP contribution in [0.25, 0.3) is 0 Å². The highest BCUT2D eigenvalue weighted by atomic mass is 31.0. The standard InChI is InChI=1S/C30H41F2N4O2P/c1-29(2)14-4-5-15-33-25-12-8-23(9-13-25)18-34-27(36-21-38-20-30(3,31)32)17-26(39)16-22-6-10-24(11-7-22)28(37)35-19-29/h6-13,17,33H,4-5,14-16,18-21,39H2,1-3H3,(H,34,36)(H,35,37)/b26-17-. The summed E-state index contributed by atoms with van der Waals surface area (Å²) in [7, 11) is 2.71. The Bertz CT molecular complexity index is 1130. The van der Waals surface area contributed by atoms with Gasteiger partial charge in [-0.15, -0.1) is 9.24 Å². The molecule has 1 amide bonds. The Morgan fingerprint density at radius 1 is 1.05 bits per heavy atom. The monoisotopic (exact) mass is 558 g/mol. The van der Waals surface area contributed by atoms with Crippen molar-refractivity contribution in [3.8, 4) is 0 Å². The predicted octanol–water partition coefficient (Wildman–Crippen LogP) is 6.16. The minimum atomic E-state index is -2.90. The molecular formula is C30H41F2N4O2P. The van der Waals surface area contributed by atoms with Crippen molar-refractivity contribution in [2.24, 2.45) is 10.4 Å². The van der Waals surface area contributed by atoms with E-state index in [1.165, 1.54) is 0 Å². The highest BCUT2D eigenvalue weighted by Gasteiger charge is 2.21. The molecule has 1 atom stereocenters. The van der Waals surface area contributed by atoms with E-state index in [4.69, 9.17) is 4.74 Å². The summed E-state index contributed by atoms with van der Waals surface area (Å²) < 4.78 is 31.3. The molecule has 212 valence electrons. The fraction of sp³-hybridized carbons (Fsp3) is 0.467. The van der Waals surface area contributed by atoms with Gasteiger partial charge in [0.25, 0.3) is 11.8 Å². The first-order valence-electron chi connectivity index (χ1n) is 13.4. The molecule has 0 aromatic heterocycles. The topological polar surface area (TPSA) is 74.8 Å². The largest absolute Gasteiger partial charge is 0.385 e. The second-order valence-corrected chi connectivity index (χ2v) is 11.7. The van der Waals surface area contributed by atoms with Gasteiger partial charge in [-0.05, 0) is 71.5 Å². The Labute approximate surface area is 233 Å². The average Bonchev–Trinajstić information content (AvgIpc) is 2.88. The molecule has 4 bridgehead atoms. The van der Waals surface area contributed by atoms with Crippen LogP contribution in [0, 0.1) is 5.41 Å². The lowest BCUT2D eigenvalue weighted by Crippen LogP contribution is -2.34. The number of nitrogens with one attached hydrogen (secondary N) is 3. The smallest absolute Gasteiger partial charge is 0.268 e. The summed E-state index contributed by atoms with van der Waals surface area (Å²) in [6.45, 7) is 6.37. The molecule has 6 rings (SSSR count). The van der Waals surface area contributed by atoms with E-state index in [9.17, 15) is 13.6 Å². The van der Waals surface area contributed by atoms with Gasteiger partial charge in [-0.25, -0.2) is 8.78 Å². The molecule has 4 aliphatic rings. The molecule has 3 N–H and O–H groups in total. The molecular weight excluding hydrogens is 517 g/mol. The number of benzene rings is 2. The zero-order valence-electron chi connectivity index (χ0n) is 23.2. The highest BCUT2D eigenvalue weighted by molar-refractivity contribution is 7.22. The van der Waals surface area contributed by atoms with Gasteiger partial charge in [0.1, 0.15) is 19.2 Å².